The zero-order valence-electron chi connectivity index (χ0n) is 31.2. The van der Waals surface area contributed by atoms with E-state index >= 15 is 0 Å². The van der Waals surface area contributed by atoms with Crippen LogP contribution in [0.15, 0.2) is 35.5 Å². The lowest BCUT2D eigenvalue weighted by Gasteiger charge is -2.46. The maximum Gasteiger partial charge on any atom is 0.192 e. The van der Waals surface area contributed by atoms with Gasteiger partial charge in [0.1, 0.15) is 0 Å². The lowest BCUT2D eigenvalue weighted by atomic mass is 9.60. The first-order valence-corrected chi connectivity index (χ1v) is 23.8. The van der Waals surface area contributed by atoms with Crippen LogP contribution in [-0.2, 0) is 8.85 Å². The fourth-order valence-electron chi connectivity index (χ4n) is 8.03. The third-order valence-electron chi connectivity index (χ3n) is 12.9. The molecule has 3 aliphatic rings. The summed E-state index contributed by atoms with van der Waals surface area (Å²) in [4.78, 5) is 0. The van der Waals surface area contributed by atoms with Gasteiger partial charge in [-0.3, -0.25) is 0 Å². The average Bonchev–Trinajstić information content (AvgIpc) is 3.20. The Kier molecular flexibility index (Phi) is 11.8. The molecule has 0 unspecified atom stereocenters. The van der Waals surface area contributed by atoms with Crippen LogP contribution >= 0.6 is 0 Å². The molecule has 43 heavy (non-hydrogen) atoms. The van der Waals surface area contributed by atoms with Gasteiger partial charge in [0.25, 0.3) is 0 Å². The summed E-state index contributed by atoms with van der Waals surface area (Å²) in [5.74, 6) is 3.28. The molecule has 0 heterocycles. The van der Waals surface area contributed by atoms with Crippen LogP contribution < -0.4 is 0 Å². The molecule has 3 saturated carbocycles. The molecule has 0 bridgehead atoms. The Hall–Kier alpha value is -0.426. The van der Waals surface area contributed by atoms with Crippen LogP contribution in [0.1, 0.15) is 133 Å². The smallest absolute Gasteiger partial charge is 0.192 e. The van der Waals surface area contributed by atoms with Crippen LogP contribution in [-0.4, -0.2) is 28.8 Å². The van der Waals surface area contributed by atoms with E-state index < -0.39 is 16.6 Å². The Bertz CT molecular complexity index is 1020. The van der Waals surface area contributed by atoms with Crippen molar-refractivity contribution in [2.24, 2.45) is 29.1 Å². The van der Waals surface area contributed by atoms with Gasteiger partial charge in [-0.15, -0.1) is 0 Å². The van der Waals surface area contributed by atoms with Crippen molar-refractivity contribution in [3.05, 3.63) is 35.5 Å². The van der Waals surface area contributed by atoms with Crippen molar-refractivity contribution in [1.29, 1.82) is 0 Å². The number of hydrogen-bond donors (Lipinski definition) is 0. The van der Waals surface area contributed by atoms with E-state index in [9.17, 15) is 0 Å². The standard InChI is InChI=1S/C39H72O2Si2/c1-28(2)18-16-19-29(3)34-23-24-35-31(20-17-25-39(34,35)11)21-22-32-26-33(40-42(12,13)37(5,6)7)27-36(30(32)4)41-43(14,15)38(8,9)10/h21-22,28-29,33-36H,4,16-20,23-27H2,1-3,5-15H3/b31-21?,32-22+/t29-,33-,34-,35+,36+,39-/m1/s1. The van der Waals surface area contributed by atoms with Crippen LogP contribution in [0.2, 0.25) is 36.3 Å². The highest BCUT2D eigenvalue weighted by Crippen LogP contribution is 2.60. The van der Waals surface area contributed by atoms with Crippen LogP contribution in [0.5, 0.6) is 0 Å². The van der Waals surface area contributed by atoms with Gasteiger partial charge in [-0.2, -0.15) is 0 Å². The summed E-state index contributed by atoms with van der Waals surface area (Å²) < 4.78 is 14.2. The molecule has 0 saturated heterocycles. The summed E-state index contributed by atoms with van der Waals surface area (Å²) in [6, 6.07) is 0. The average molecular weight is 629 g/mol. The monoisotopic (exact) mass is 629 g/mol. The minimum Gasteiger partial charge on any atom is -0.413 e. The molecule has 0 aromatic rings. The maximum absolute atomic E-state index is 7.09. The zero-order chi connectivity index (χ0) is 32.6. The molecular formula is C39H72O2Si2. The van der Waals surface area contributed by atoms with Crippen molar-refractivity contribution in [3.63, 3.8) is 0 Å². The molecule has 0 N–H and O–H groups in total. The second-order valence-corrected chi connectivity index (χ2v) is 28.2. The molecule has 2 nitrogen and oxygen atoms in total. The van der Waals surface area contributed by atoms with Crippen molar-refractivity contribution in [2.45, 2.75) is 182 Å². The Morgan fingerprint density at radius 2 is 1.51 bits per heavy atom. The van der Waals surface area contributed by atoms with Gasteiger partial charge in [-0.1, -0.05) is 113 Å². The Morgan fingerprint density at radius 3 is 2.09 bits per heavy atom. The molecular weight excluding hydrogens is 557 g/mol. The zero-order valence-corrected chi connectivity index (χ0v) is 33.2. The molecule has 248 valence electrons. The quantitative estimate of drug-likeness (QED) is 0.224. The molecule has 0 aromatic heterocycles. The minimum absolute atomic E-state index is 0.0493. The summed E-state index contributed by atoms with van der Waals surface area (Å²) in [6.45, 7) is 38.3. The molecule has 6 atom stereocenters. The van der Waals surface area contributed by atoms with E-state index in [0.717, 1.165) is 36.5 Å². The first-order valence-electron chi connectivity index (χ1n) is 18.0. The summed E-state index contributed by atoms with van der Waals surface area (Å²) in [6.07, 6.45) is 18.1. The van der Waals surface area contributed by atoms with Gasteiger partial charge in [0.05, 0.1) is 12.2 Å². The Labute approximate surface area is 271 Å². The van der Waals surface area contributed by atoms with Crippen LogP contribution in [0, 0.1) is 29.1 Å². The topological polar surface area (TPSA) is 18.5 Å². The number of rotatable bonds is 10. The van der Waals surface area contributed by atoms with E-state index in [1.807, 2.05) is 0 Å². The van der Waals surface area contributed by atoms with E-state index in [1.165, 1.54) is 62.5 Å². The minimum atomic E-state index is -1.95. The highest BCUT2D eigenvalue weighted by molar-refractivity contribution is 6.74. The summed E-state index contributed by atoms with van der Waals surface area (Å²) in [5, 5.41) is 0.366. The maximum atomic E-state index is 7.09. The van der Waals surface area contributed by atoms with E-state index in [-0.39, 0.29) is 22.3 Å². The van der Waals surface area contributed by atoms with E-state index in [4.69, 9.17) is 15.4 Å². The third kappa shape index (κ3) is 8.69. The Balaban J connectivity index is 1.87. The predicted octanol–water partition coefficient (Wildman–Crippen LogP) is 12.6. The van der Waals surface area contributed by atoms with Crippen molar-refractivity contribution in [2.75, 3.05) is 0 Å². The van der Waals surface area contributed by atoms with Gasteiger partial charge in [-0.25, -0.2) is 0 Å². The van der Waals surface area contributed by atoms with Crippen LogP contribution in [0.3, 0.4) is 0 Å². The van der Waals surface area contributed by atoms with Crippen LogP contribution in [0.4, 0.5) is 0 Å². The SMILES string of the molecule is C=C1/C(=C/C=C2CCC[C@]3(C)[C@@H]([C@H](C)CCCC(C)C)CC[C@@H]23)C[C@@H](O[Si](C)(C)C(C)(C)C)C[C@@H]1O[Si](C)(C)C(C)(C)C. The highest BCUT2D eigenvalue weighted by Gasteiger charge is 2.50. The van der Waals surface area contributed by atoms with E-state index in [1.54, 1.807) is 5.57 Å². The number of allylic oxidation sites excluding steroid dienone is 3. The molecule has 3 aliphatic carbocycles. The normalized spacial score (nSPS) is 32.1. The summed E-state index contributed by atoms with van der Waals surface area (Å²) in [7, 11) is -3.86. The van der Waals surface area contributed by atoms with Gasteiger partial charge >= 0.3 is 0 Å². The van der Waals surface area contributed by atoms with Gasteiger partial charge in [0.15, 0.2) is 16.6 Å². The molecule has 0 spiro atoms. The third-order valence-corrected chi connectivity index (χ3v) is 21.9. The van der Waals surface area contributed by atoms with Gasteiger partial charge in [0, 0.05) is 6.42 Å². The first-order chi connectivity index (χ1) is 19.6. The largest absolute Gasteiger partial charge is 0.413 e. The number of fused-ring (bicyclic) bond motifs is 1. The van der Waals surface area contributed by atoms with Crippen molar-refractivity contribution in [1.82, 2.24) is 0 Å². The first kappa shape index (κ1) is 37.0. The van der Waals surface area contributed by atoms with Gasteiger partial charge < -0.3 is 8.85 Å². The van der Waals surface area contributed by atoms with E-state index in [2.05, 4.69) is 108 Å². The molecule has 3 rings (SSSR count). The van der Waals surface area contributed by atoms with Gasteiger partial charge in [0.2, 0.25) is 0 Å². The van der Waals surface area contributed by atoms with Crippen LogP contribution in [0.25, 0.3) is 0 Å². The fourth-order valence-corrected chi connectivity index (χ4v) is 10.7. The Morgan fingerprint density at radius 1 is 0.907 bits per heavy atom. The predicted molar refractivity (Wildman–Crippen MR) is 195 cm³/mol. The molecule has 0 radical (unpaired) electrons. The van der Waals surface area contributed by atoms with Crippen molar-refractivity contribution < 1.29 is 8.85 Å². The molecule has 0 aromatic carbocycles. The fraction of sp³-hybridized carbons (Fsp3) is 0.846. The molecule has 0 amide bonds. The lowest BCUT2D eigenvalue weighted by Crippen LogP contribution is -2.49. The number of hydrogen-bond acceptors (Lipinski definition) is 2. The lowest BCUT2D eigenvalue weighted by molar-refractivity contribution is 0.0927. The highest BCUT2D eigenvalue weighted by atomic mass is 28.4. The summed E-state index contributed by atoms with van der Waals surface area (Å²) >= 11 is 0. The van der Waals surface area contributed by atoms with Crippen molar-refractivity contribution >= 4 is 16.6 Å². The summed E-state index contributed by atoms with van der Waals surface area (Å²) in [5.41, 5.74) is 4.75. The van der Waals surface area contributed by atoms with Crippen molar-refractivity contribution in [3.8, 4) is 0 Å². The molecule has 0 aliphatic heterocycles. The molecule has 4 heteroatoms. The van der Waals surface area contributed by atoms with Gasteiger partial charge in [-0.05, 0) is 115 Å². The molecule has 3 fully saturated rings. The second-order valence-electron chi connectivity index (χ2n) is 18.7. The second kappa shape index (κ2) is 13.7. The van der Waals surface area contributed by atoms with E-state index in [0.29, 0.717) is 5.41 Å².